The van der Waals surface area contributed by atoms with Crippen LogP contribution in [-0.2, 0) is 4.74 Å². The van der Waals surface area contributed by atoms with Gasteiger partial charge in [-0.3, -0.25) is 0 Å². The highest BCUT2D eigenvalue weighted by atomic mass is 16.6. The molecule has 0 saturated heterocycles. The average Bonchev–Trinajstić information content (AvgIpc) is 2.30. The molecule has 1 rings (SSSR count). The second-order valence-electron chi connectivity index (χ2n) is 4.92. The predicted molar refractivity (Wildman–Crippen MR) is 55.0 cm³/mol. The Labute approximate surface area is 85.2 Å². The van der Waals surface area contributed by atoms with Gasteiger partial charge in [0.15, 0.2) is 0 Å². The molecule has 4 nitrogen and oxygen atoms in total. The topological polar surface area (TPSA) is 64.3 Å². The fraction of sp³-hybridized carbons (Fsp3) is 0.900. The predicted octanol–water partition coefficient (Wildman–Crippen LogP) is 1.39. The van der Waals surface area contributed by atoms with Crippen molar-refractivity contribution in [2.75, 3.05) is 0 Å². The van der Waals surface area contributed by atoms with E-state index in [2.05, 4.69) is 5.32 Å². The molecule has 0 radical (unpaired) electrons. The van der Waals surface area contributed by atoms with Crippen LogP contribution in [0.3, 0.4) is 0 Å². The number of carbonyl (C=O) groups is 1. The Balaban J connectivity index is 2.27. The van der Waals surface area contributed by atoms with Crippen molar-refractivity contribution in [2.24, 2.45) is 5.73 Å². The van der Waals surface area contributed by atoms with Crippen molar-refractivity contribution in [3.63, 3.8) is 0 Å². The third-order valence-electron chi connectivity index (χ3n) is 2.19. The minimum Gasteiger partial charge on any atom is -0.444 e. The summed E-state index contributed by atoms with van der Waals surface area (Å²) in [5.74, 6) is 0. The number of rotatable bonds is 1. The molecular formula is C10H20N2O2. The van der Waals surface area contributed by atoms with E-state index in [1.165, 1.54) is 0 Å². The van der Waals surface area contributed by atoms with Crippen molar-refractivity contribution in [2.45, 2.75) is 57.7 Å². The monoisotopic (exact) mass is 200 g/mol. The number of ether oxygens (including phenoxy) is 1. The highest BCUT2D eigenvalue weighted by Gasteiger charge is 2.25. The molecule has 82 valence electrons. The van der Waals surface area contributed by atoms with Crippen molar-refractivity contribution in [1.29, 1.82) is 0 Å². The molecule has 1 aliphatic rings. The van der Waals surface area contributed by atoms with E-state index in [1.54, 1.807) is 0 Å². The first kappa shape index (κ1) is 11.3. The van der Waals surface area contributed by atoms with Gasteiger partial charge in [-0.2, -0.15) is 0 Å². The van der Waals surface area contributed by atoms with E-state index in [1.807, 2.05) is 20.8 Å². The van der Waals surface area contributed by atoms with Gasteiger partial charge in [0.25, 0.3) is 0 Å². The second-order valence-corrected chi connectivity index (χ2v) is 4.92. The van der Waals surface area contributed by atoms with Gasteiger partial charge in [0.1, 0.15) is 5.60 Å². The first-order chi connectivity index (χ1) is 6.37. The first-order valence-corrected chi connectivity index (χ1v) is 5.12. The molecule has 0 spiro atoms. The van der Waals surface area contributed by atoms with Crippen LogP contribution in [0, 0.1) is 0 Å². The molecular weight excluding hydrogens is 180 g/mol. The Morgan fingerprint density at radius 3 is 2.50 bits per heavy atom. The van der Waals surface area contributed by atoms with E-state index in [4.69, 9.17) is 10.5 Å². The van der Waals surface area contributed by atoms with Crippen LogP contribution in [0.4, 0.5) is 4.79 Å². The molecule has 4 heteroatoms. The summed E-state index contributed by atoms with van der Waals surface area (Å²) in [5, 5.41) is 2.82. The smallest absolute Gasteiger partial charge is 0.407 e. The maximum atomic E-state index is 11.3. The van der Waals surface area contributed by atoms with Gasteiger partial charge in [-0.15, -0.1) is 0 Å². The lowest BCUT2D eigenvalue weighted by molar-refractivity contribution is 0.0505. The zero-order valence-electron chi connectivity index (χ0n) is 9.17. The molecule has 0 heterocycles. The Morgan fingerprint density at radius 2 is 2.07 bits per heavy atom. The van der Waals surface area contributed by atoms with E-state index in [0.717, 1.165) is 19.3 Å². The summed E-state index contributed by atoms with van der Waals surface area (Å²) < 4.78 is 5.14. The molecule has 1 amide bonds. The number of amides is 1. The molecule has 1 unspecified atom stereocenters. The summed E-state index contributed by atoms with van der Waals surface area (Å²) in [6, 6.07) is 0.426. The Hall–Kier alpha value is -0.770. The van der Waals surface area contributed by atoms with Gasteiger partial charge in [-0.1, -0.05) is 0 Å². The minimum absolute atomic E-state index is 0.194. The second kappa shape index (κ2) is 4.17. The van der Waals surface area contributed by atoms with Crippen molar-refractivity contribution >= 4 is 6.09 Å². The molecule has 0 aromatic carbocycles. The number of hydrogen-bond donors (Lipinski definition) is 2. The molecule has 1 fully saturated rings. The van der Waals surface area contributed by atoms with Crippen molar-refractivity contribution in [1.82, 2.24) is 5.32 Å². The molecule has 1 saturated carbocycles. The maximum Gasteiger partial charge on any atom is 0.407 e. The van der Waals surface area contributed by atoms with Gasteiger partial charge < -0.3 is 15.8 Å². The highest BCUT2D eigenvalue weighted by Crippen LogP contribution is 2.17. The van der Waals surface area contributed by atoms with Gasteiger partial charge in [0, 0.05) is 12.1 Å². The van der Waals surface area contributed by atoms with Gasteiger partial charge in [0.2, 0.25) is 0 Å². The van der Waals surface area contributed by atoms with Crippen LogP contribution in [0.25, 0.3) is 0 Å². The zero-order valence-corrected chi connectivity index (χ0v) is 9.17. The number of alkyl carbamates (subject to hydrolysis) is 1. The molecule has 3 N–H and O–H groups in total. The lowest BCUT2D eigenvalue weighted by atomic mass is 10.2. The lowest BCUT2D eigenvalue weighted by Gasteiger charge is -2.21. The van der Waals surface area contributed by atoms with E-state index >= 15 is 0 Å². The molecule has 0 bridgehead atoms. The standard InChI is InChI=1S/C10H20N2O2/c1-10(2,3)14-9(13)12-8-5-4-7(11)6-8/h7-8H,4-6,11H2,1-3H3,(H,12,13)/t7?,8-/m0/s1. The summed E-state index contributed by atoms with van der Waals surface area (Å²) in [5.41, 5.74) is 5.31. The molecule has 1 aliphatic carbocycles. The van der Waals surface area contributed by atoms with Crippen molar-refractivity contribution in [3.05, 3.63) is 0 Å². The van der Waals surface area contributed by atoms with Crippen LogP contribution in [0.5, 0.6) is 0 Å². The van der Waals surface area contributed by atoms with E-state index in [9.17, 15) is 4.79 Å². The van der Waals surface area contributed by atoms with Crippen molar-refractivity contribution in [3.8, 4) is 0 Å². The maximum absolute atomic E-state index is 11.3. The number of hydrogen-bond acceptors (Lipinski definition) is 3. The van der Waals surface area contributed by atoms with Crippen LogP contribution in [-0.4, -0.2) is 23.8 Å². The Kier molecular flexibility index (Phi) is 3.37. The largest absolute Gasteiger partial charge is 0.444 e. The minimum atomic E-state index is -0.426. The van der Waals surface area contributed by atoms with Crippen LogP contribution >= 0.6 is 0 Å². The number of nitrogens with one attached hydrogen (secondary N) is 1. The Bertz CT molecular complexity index is 211. The molecule has 0 aliphatic heterocycles. The molecule has 14 heavy (non-hydrogen) atoms. The fourth-order valence-electron chi connectivity index (χ4n) is 1.62. The fourth-order valence-corrected chi connectivity index (χ4v) is 1.62. The van der Waals surface area contributed by atoms with E-state index in [0.29, 0.717) is 0 Å². The third-order valence-corrected chi connectivity index (χ3v) is 2.19. The van der Waals surface area contributed by atoms with Crippen LogP contribution in [0.1, 0.15) is 40.0 Å². The Morgan fingerprint density at radius 1 is 1.43 bits per heavy atom. The molecule has 2 atom stereocenters. The van der Waals surface area contributed by atoms with E-state index in [-0.39, 0.29) is 18.2 Å². The third kappa shape index (κ3) is 3.96. The zero-order chi connectivity index (χ0) is 10.8. The SMILES string of the molecule is CC(C)(C)OC(=O)N[C@H]1CCC(N)C1. The van der Waals surface area contributed by atoms with Crippen LogP contribution in [0.15, 0.2) is 0 Å². The molecule has 0 aromatic rings. The summed E-state index contributed by atoms with van der Waals surface area (Å²) in [7, 11) is 0. The van der Waals surface area contributed by atoms with Crippen molar-refractivity contribution < 1.29 is 9.53 Å². The summed E-state index contributed by atoms with van der Waals surface area (Å²) in [4.78, 5) is 11.3. The van der Waals surface area contributed by atoms with Crippen LogP contribution in [0.2, 0.25) is 0 Å². The van der Waals surface area contributed by atoms with Gasteiger partial charge in [0.05, 0.1) is 0 Å². The lowest BCUT2D eigenvalue weighted by Crippen LogP contribution is -2.38. The van der Waals surface area contributed by atoms with E-state index < -0.39 is 5.60 Å². The quantitative estimate of drug-likeness (QED) is 0.672. The summed E-state index contributed by atoms with van der Waals surface area (Å²) >= 11 is 0. The van der Waals surface area contributed by atoms with Gasteiger partial charge in [-0.05, 0) is 40.0 Å². The normalized spacial score (nSPS) is 27.4. The first-order valence-electron chi connectivity index (χ1n) is 5.12. The molecule has 0 aromatic heterocycles. The summed E-state index contributed by atoms with van der Waals surface area (Å²) in [6.45, 7) is 5.56. The van der Waals surface area contributed by atoms with Crippen LogP contribution < -0.4 is 11.1 Å². The van der Waals surface area contributed by atoms with Gasteiger partial charge in [-0.25, -0.2) is 4.79 Å². The highest BCUT2D eigenvalue weighted by molar-refractivity contribution is 5.68. The summed E-state index contributed by atoms with van der Waals surface area (Å²) in [6.07, 6.45) is 2.47. The van der Waals surface area contributed by atoms with Gasteiger partial charge >= 0.3 is 6.09 Å². The average molecular weight is 200 g/mol. The number of carbonyl (C=O) groups excluding carboxylic acids is 1. The number of nitrogens with two attached hydrogens (primary N) is 1.